The molecule has 0 aromatic heterocycles. The number of ether oxygens (including phenoxy) is 1. The van der Waals surface area contributed by atoms with Crippen molar-refractivity contribution >= 4 is 40.7 Å². The predicted molar refractivity (Wildman–Crippen MR) is 114 cm³/mol. The van der Waals surface area contributed by atoms with E-state index in [4.69, 9.17) is 28.6 Å². The van der Waals surface area contributed by atoms with Gasteiger partial charge in [0.05, 0.1) is 6.61 Å². The zero-order chi connectivity index (χ0) is 20.5. The van der Waals surface area contributed by atoms with Crippen LogP contribution in [0.25, 0.3) is 0 Å². The molecule has 2 rings (SSSR count). The lowest BCUT2D eigenvalue weighted by molar-refractivity contribution is 0.0934. The summed E-state index contributed by atoms with van der Waals surface area (Å²) in [6, 6.07) is 13.2. The second-order valence-electron chi connectivity index (χ2n) is 6.43. The van der Waals surface area contributed by atoms with Gasteiger partial charge in [0.15, 0.2) is 5.11 Å². The van der Waals surface area contributed by atoms with Gasteiger partial charge in [0, 0.05) is 16.1 Å². The molecule has 0 fully saturated rings. The van der Waals surface area contributed by atoms with Crippen LogP contribution < -0.4 is 20.9 Å². The minimum atomic E-state index is -0.410. The number of hydrogen-bond donors (Lipinski definition) is 3. The maximum Gasteiger partial charge on any atom is 0.269 e. The van der Waals surface area contributed by atoms with Crippen LogP contribution in [0, 0.1) is 5.92 Å². The third kappa shape index (κ3) is 7.17. The van der Waals surface area contributed by atoms with Gasteiger partial charge in [0.1, 0.15) is 5.75 Å². The molecule has 0 saturated heterocycles. The first-order chi connectivity index (χ1) is 13.3. The zero-order valence-electron chi connectivity index (χ0n) is 15.6. The number of hydrazine groups is 1. The molecule has 0 heterocycles. The summed E-state index contributed by atoms with van der Waals surface area (Å²) in [5, 5.41) is 3.00. The largest absolute Gasteiger partial charge is 0.494 e. The summed E-state index contributed by atoms with van der Waals surface area (Å²) >= 11 is 10.8. The summed E-state index contributed by atoms with van der Waals surface area (Å²) in [5.74, 6) is 0.336. The fourth-order valence-corrected chi connectivity index (χ4v) is 2.40. The van der Waals surface area contributed by atoms with Gasteiger partial charge in [-0.2, -0.15) is 0 Å². The molecule has 0 saturated carbocycles. The standard InChI is InChI=1S/C20H22ClN3O3S/c1-13(2)10-11-27-17-5-3-4-15(12-17)18(25)22-20(28)24-23-19(26)14-6-8-16(21)9-7-14/h3-9,12-13H,10-11H2,1-2H3,(H,23,26)(H2,22,24,25,28). The van der Waals surface area contributed by atoms with Crippen molar-refractivity contribution in [1.82, 2.24) is 16.2 Å². The first-order valence-electron chi connectivity index (χ1n) is 8.75. The number of benzene rings is 2. The summed E-state index contributed by atoms with van der Waals surface area (Å²) in [5.41, 5.74) is 5.70. The monoisotopic (exact) mass is 419 g/mol. The Morgan fingerprint density at radius 3 is 2.43 bits per heavy atom. The number of thiocarbonyl (C=S) groups is 1. The van der Waals surface area contributed by atoms with Gasteiger partial charge in [-0.25, -0.2) is 0 Å². The molecule has 6 nitrogen and oxygen atoms in total. The highest BCUT2D eigenvalue weighted by molar-refractivity contribution is 7.80. The van der Waals surface area contributed by atoms with Crippen molar-refractivity contribution in [3.63, 3.8) is 0 Å². The van der Waals surface area contributed by atoms with Crippen LogP contribution in [0.4, 0.5) is 0 Å². The van der Waals surface area contributed by atoms with Crippen molar-refractivity contribution < 1.29 is 14.3 Å². The average molecular weight is 420 g/mol. The summed E-state index contributed by atoms with van der Waals surface area (Å²) in [7, 11) is 0. The number of amides is 2. The van der Waals surface area contributed by atoms with E-state index in [-0.39, 0.29) is 5.11 Å². The molecule has 148 valence electrons. The maximum absolute atomic E-state index is 12.3. The first kappa shape index (κ1) is 21.7. The lowest BCUT2D eigenvalue weighted by Crippen LogP contribution is -2.48. The summed E-state index contributed by atoms with van der Waals surface area (Å²) in [6.07, 6.45) is 0.928. The van der Waals surface area contributed by atoms with Crippen molar-refractivity contribution in [3.8, 4) is 5.75 Å². The average Bonchev–Trinajstić information content (AvgIpc) is 2.66. The van der Waals surface area contributed by atoms with Crippen LogP contribution in [-0.2, 0) is 0 Å². The molecule has 0 aliphatic rings. The van der Waals surface area contributed by atoms with E-state index in [1.807, 2.05) is 0 Å². The SMILES string of the molecule is CC(C)CCOc1cccc(C(=O)NC(=S)NNC(=O)c2ccc(Cl)cc2)c1. The zero-order valence-corrected chi connectivity index (χ0v) is 17.2. The smallest absolute Gasteiger partial charge is 0.269 e. The molecule has 2 aromatic carbocycles. The fraction of sp³-hybridized carbons (Fsp3) is 0.250. The van der Waals surface area contributed by atoms with Gasteiger partial charge in [-0.15, -0.1) is 0 Å². The number of nitrogens with one attached hydrogen (secondary N) is 3. The summed E-state index contributed by atoms with van der Waals surface area (Å²) in [6.45, 7) is 4.82. The molecule has 3 N–H and O–H groups in total. The summed E-state index contributed by atoms with van der Waals surface area (Å²) < 4.78 is 5.65. The van der Waals surface area contributed by atoms with Gasteiger partial charge in [-0.3, -0.25) is 25.8 Å². The Labute approximate surface area is 174 Å². The maximum atomic E-state index is 12.3. The van der Waals surface area contributed by atoms with Gasteiger partial charge in [-0.1, -0.05) is 31.5 Å². The highest BCUT2D eigenvalue weighted by atomic mass is 35.5. The van der Waals surface area contributed by atoms with Crippen molar-refractivity contribution in [3.05, 3.63) is 64.7 Å². The Bertz CT molecular complexity index is 841. The van der Waals surface area contributed by atoms with Crippen LogP contribution >= 0.6 is 23.8 Å². The van der Waals surface area contributed by atoms with E-state index in [0.29, 0.717) is 34.4 Å². The lowest BCUT2D eigenvalue weighted by Gasteiger charge is -2.12. The predicted octanol–water partition coefficient (Wildman–Crippen LogP) is 3.71. The van der Waals surface area contributed by atoms with E-state index >= 15 is 0 Å². The highest BCUT2D eigenvalue weighted by Gasteiger charge is 2.10. The van der Waals surface area contributed by atoms with E-state index in [1.165, 1.54) is 0 Å². The van der Waals surface area contributed by atoms with Crippen molar-refractivity contribution in [1.29, 1.82) is 0 Å². The van der Waals surface area contributed by atoms with E-state index < -0.39 is 11.8 Å². The third-order valence-corrected chi connectivity index (χ3v) is 4.14. The molecule has 0 atom stereocenters. The molecule has 0 aliphatic heterocycles. The third-order valence-electron chi connectivity index (χ3n) is 3.68. The van der Waals surface area contributed by atoms with E-state index in [9.17, 15) is 9.59 Å². The molecule has 2 amide bonds. The molecule has 0 radical (unpaired) electrons. The van der Waals surface area contributed by atoms with E-state index in [0.717, 1.165) is 6.42 Å². The van der Waals surface area contributed by atoms with Crippen LogP contribution in [0.2, 0.25) is 5.02 Å². The molecule has 0 spiro atoms. The Kier molecular flexibility index (Phi) is 8.22. The van der Waals surface area contributed by atoms with Gasteiger partial charge >= 0.3 is 0 Å². The number of carbonyl (C=O) groups is 2. The molecule has 2 aromatic rings. The Hall–Kier alpha value is -2.64. The Morgan fingerprint density at radius 1 is 1.04 bits per heavy atom. The first-order valence-corrected chi connectivity index (χ1v) is 9.54. The van der Waals surface area contributed by atoms with Crippen molar-refractivity contribution in [2.75, 3.05) is 6.61 Å². The number of halogens is 1. The molecule has 0 unspecified atom stereocenters. The topological polar surface area (TPSA) is 79.5 Å². The Balaban J connectivity index is 1.84. The van der Waals surface area contributed by atoms with Crippen LogP contribution in [0.5, 0.6) is 5.75 Å². The van der Waals surface area contributed by atoms with E-state index in [1.54, 1.807) is 48.5 Å². The molecule has 8 heteroatoms. The second-order valence-corrected chi connectivity index (χ2v) is 7.27. The normalized spacial score (nSPS) is 10.3. The molecule has 0 aliphatic carbocycles. The number of rotatable bonds is 6. The number of hydrogen-bond acceptors (Lipinski definition) is 4. The quantitative estimate of drug-likeness (QED) is 0.491. The van der Waals surface area contributed by atoms with Gasteiger partial charge in [-0.05, 0) is 67.0 Å². The minimum Gasteiger partial charge on any atom is -0.494 e. The summed E-state index contributed by atoms with van der Waals surface area (Å²) in [4.78, 5) is 24.3. The molecular formula is C20H22ClN3O3S. The Morgan fingerprint density at radius 2 is 1.75 bits per heavy atom. The molecule has 28 heavy (non-hydrogen) atoms. The van der Waals surface area contributed by atoms with Crippen molar-refractivity contribution in [2.45, 2.75) is 20.3 Å². The lowest BCUT2D eigenvalue weighted by atomic mass is 10.1. The second kappa shape index (κ2) is 10.6. The van der Waals surface area contributed by atoms with Crippen LogP contribution in [0.1, 0.15) is 41.0 Å². The van der Waals surface area contributed by atoms with Gasteiger partial charge in [0.2, 0.25) is 0 Å². The van der Waals surface area contributed by atoms with Crippen LogP contribution in [0.15, 0.2) is 48.5 Å². The minimum absolute atomic E-state index is 0.0292. The van der Waals surface area contributed by atoms with Crippen molar-refractivity contribution in [2.24, 2.45) is 5.92 Å². The van der Waals surface area contributed by atoms with Crippen LogP contribution in [-0.4, -0.2) is 23.5 Å². The van der Waals surface area contributed by atoms with E-state index in [2.05, 4.69) is 30.0 Å². The molecule has 0 bridgehead atoms. The van der Waals surface area contributed by atoms with Gasteiger partial charge in [0.25, 0.3) is 11.8 Å². The highest BCUT2D eigenvalue weighted by Crippen LogP contribution is 2.14. The van der Waals surface area contributed by atoms with Gasteiger partial charge < -0.3 is 4.74 Å². The number of carbonyl (C=O) groups excluding carboxylic acids is 2. The molecular weight excluding hydrogens is 398 g/mol. The van der Waals surface area contributed by atoms with Crippen LogP contribution in [0.3, 0.4) is 0 Å². The fourth-order valence-electron chi connectivity index (χ4n) is 2.13.